The van der Waals surface area contributed by atoms with Crippen LogP contribution in [0.2, 0.25) is 0 Å². The molecule has 0 bridgehead atoms. The molecule has 0 aliphatic carbocycles. The highest BCUT2D eigenvalue weighted by Crippen LogP contribution is 2.25. The molecule has 1 aliphatic rings. The number of likely N-dealkylation sites (N-methyl/N-ethyl adjacent to an activating group) is 1. The van der Waals surface area contributed by atoms with Crippen LogP contribution in [0.5, 0.6) is 0 Å². The number of hydrogen-bond donors (Lipinski definition) is 1. The maximum atomic E-state index is 12.9. The summed E-state index contributed by atoms with van der Waals surface area (Å²) in [4.78, 5) is 29.0. The number of fused-ring (bicyclic) bond motifs is 1. The first-order valence-electron chi connectivity index (χ1n) is 8.22. The number of anilines is 1. The van der Waals surface area contributed by atoms with E-state index in [1.54, 1.807) is 29.1 Å². The van der Waals surface area contributed by atoms with Crippen molar-refractivity contribution in [3.05, 3.63) is 60.3 Å². The van der Waals surface area contributed by atoms with Crippen LogP contribution in [0.4, 0.5) is 5.69 Å². The Labute approximate surface area is 145 Å². The Balaban J connectivity index is 1.59. The summed E-state index contributed by atoms with van der Waals surface area (Å²) in [5, 5.41) is 7.74. The third kappa shape index (κ3) is 2.55. The molecule has 0 radical (unpaired) electrons. The second-order valence-corrected chi connectivity index (χ2v) is 6.19. The third-order valence-corrected chi connectivity index (χ3v) is 4.74. The van der Waals surface area contributed by atoms with E-state index >= 15 is 0 Å². The second kappa shape index (κ2) is 6.05. The lowest BCUT2D eigenvalue weighted by Gasteiger charge is -2.24. The molecule has 6 heteroatoms. The van der Waals surface area contributed by atoms with E-state index < -0.39 is 6.04 Å². The summed E-state index contributed by atoms with van der Waals surface area (Å²) < 4.78 is 0. The fourth-order valence-electron chi connectivity index (χ4n) is 3.37. The number of carbonyl (C=O) groups excluding carboxylic acids is 2. The first-order chi connectivity index (χ1) is 12.2. The first kappa shape index (κ1) is 15.4. The van der Waals surface area contributed by atoms with Crippen molar-refractivity contribution < 1.29 is 9.59 Å². The van der Waals surface area contributed by atoms with Gasteiger partial charge in [0.05, 0.1) is 17.3 Å². The molecule has 126 valence electrons. The van der Waals surface area contributed by atoms with Crippen LogP contribution in [-0.4, -0.2) is 46.5 Å². The lowest BCUT2D eigenvalue weighted by molar-refractivity contribution is -0.120. The summed E-state index contributed by atoms with van der Waals surface area (Å²) in [6.07, 6.45) is 2.30. The van der Waals surface area contributed by atoms with Crippen LogP contribution >= 0.6 is 0 Å². The molecule has 4 rings (SSSR count). The van der Waals surface area contributed by atoms with Gasteiger partial charge in [-0.3, -0.25) is 14.7 Å². The molecular formula is C19H18N4O2. The van der Waals surface area contributed by atoms with Gasteiger partial charge in [0, 0.05) is 24.7 Å². The van der Waals surface area contributed by atoms with Gasteiger partial charge in [-0.25, -0.2) is 0 Å². The van der Waals surface area contributed by atoms with Gasteiger partial charge in [-0.15, -0.1) is 0 Å². The smallest absolute Gasteiger partial charge is 0.256 e. The number of amides is 2. The number of nitrogens with zero attached hydrogens (tertiary/aromatic N) is 3. The van der Waals surface area contributed by atoms with E-state index in [2.05, 4.69) is 10.2 Å². The van der Waals surface area contributed by atoms with Gasteiger partial charge in [-0.2, -0.15) is 5.10 Å². The zero-order valence-electron chi connectivity index (χ0n) is 13.8. The maximum absolute atomic E-state index is 12.9. The van der Waals surface area contributed by atoms with Crippen LogP contribution in [0.3, 0.4) is 0 Å². The van der Waals surface area contributed by atoms with Gasteiger partial charge < -0.3 is 9.80 Å². The van der Waals surface area contributed by atoms with Crippen LogP contribution in [0.25, 0.3) is 10.9 Å². The first-order valence-corrected chi connectivity index (χ1v) is 8.22. The minimum absolute atomic E-state index is 0.0427. The summed E-state index contributed by atoms with van der Waals surface area (Å²) in [6.45, 7) is 0.611. The Morgan fingerprint density at radius 3 is 2.80 bits per heavy atom. The zero-order valence-corrected chi connectivity index (χ0v) is 13.8. The van der Waals surface area contributed by atoms with Gasteiger partial charge in [-0.05, 0) is 24.6 Å². The number of rotatable bonds is 3. The Morgan fingerprint density at radius 1 is 1.20 bits per heavy atom. The number of nitrogens with one attached hydrogen (secondary N) is 1. The van der Waals surface area contributed by atoms with Crippen molar-refractivity contribution in [2.75, 3.05) is 18.5 Å². The molecule has 25 heavy (non-hydrogen) atoms. The predicted octanol–water partition coefficient (Wildman–Crippen LogP) is 2.44. The second-order valence-electron chi connectivity index (χ2n) is 6.19. The maximum Gasteiger partial charge on any atom is 0.256 e. The summed E-state index contributed by atoms with van der Waals surface area (Å²) >= 11 is 0. The average molecular weight is 334 g/mol. The van der Waals surface area contributed by atoms with Crippen LogP contribution < -0.4 is 4.90 Å². The lowest BCUT2D eigenvalue weighted by atomic mass is 10.1. The van der Waals surface area contributed by atoms with Gasteiger partial charge in [-0.1, -0.05) is 30.3 Å². The molecule has 2 aromatic carbocycles. The van der Waals surface area contributed by atoms with Gasteiger partial charge in [0.15, 0.2) is 0 Å². The number of aromatic amines is 1. The monoisotopic (exact) mass is 334 g/mol. The third-order valence-electron chi connectivity index (χ3n) is 4.74. The number of para-hydroxylation sites is 2. The summed E-state index contributed by atoms with van der Waals surface area (Å²) in [7, 11) is 1.69. The molecule has 6 nitrogen and oxygen atoms in total. The van der Waals surface area contributed by atoms with E-state index in [-0.39, 0.29) is 11.8 Å². The van der Waals surface area contributed by atoms with Crippen molar-refractivity contribution in [3.63, 3.8) is 0 Å². The Hall–Kier alpha value is -3.15. The van der Waals surface area contributed by atoms with E-state index in [0.717, 1.165) is 11.1 Å². The molecule has 1 saturated heterocycles. The van der Waals surface area contributed by atoms with E-state index in [0.29, 0.717) is 24.0 Å². The lowest BCUT2D eigenvalue weighted by Crippen LogP contribution is -2.43. The highest BCUT2D eigenvalue weighted by atomic mass is 16.2. The average Bonchev–Trinajstić information content (AvgIpc) is 3.27. The molecule has 0 unspecified atom stereocenters. The van der Waals surface area contributed by atoms with Crippen molar-refractivity contribution in [2.24, 2.45) is 0 Å². The number of benzene rings is 2. The van der Waals surface area contributed by atoms with Crippen LogP contribution in [0.15, 0.2) is 54.7 Å². The molecule has 0 saturated carbocycles. The van der Waals surface area contributed by atoms with Gasteiger partial charge in [0.1, 0.15) is 6.04 Å². The van der Waals surface area contributed by atoms with Crippen LogP contribution in [-0.2, 0) is 4.79 Å². The minimum Gasteiger partial charge on any atom is -0.330 e. The standard InChI is InChI=1S/C19H18N4O2/c1-22(18(24)15-9-5-6-13-12-20-21-17(13)15)16-10-11-23(19(16)25)14-7-3-2-4-8-14/h2-9,12,16H,10-11H2,1H3,(H,20,21)/t16-/m0/s1. The SMILES string of the molecule is CN(C(=O)c1cccc2cn[nH]c12)[C@H]1CCN(c2ccccc2)C1=O. The predicted molar refractivity (Wildman–Crippen MR) is 95.4 cm³/mol. The molecule has 1 fully saturated rings. The normalized spacial score (nSPS) is 17.2. The van der Waals surface area contributed by atoms with Crippen molar-refractivity contribution in [3.8, 4) is 0 Å². The molecular weight excluding hydrogens is 316 g/mol. The Bertz CT molecular complexity index is 935. The quantitative estimate of drug-likeness (QED) is 0.800. The van der Waals surface area contributed by atoms with Crippen molar-refractivity contribution in [1.82, 2.24) is 15.1 Å². The minimum atomic E-state index is -0.453. The summed E-state index contributed by atoms with van der Waals surface area (Å²) in [6, 6.07) is 14.6. The molecule has 1 aromatic heterocycles. The topological polar surface area (TPSA) is 69.3 Å². The Morgan fingerprint density at radius 2 is 2.00 bits per heavy atom. The zero-order chi connectivity index (χ0) is 17.4. The van der Waals surface area contributed by atoms with Gasteiger partial charge >= 0.3 is 0 Å². The molecule has 1 atom stereocenters. The van der Waals surface area contributed by atoms with E-state index in [1.165, 1.54) is 0 Å². The number of aromatic nitrogens is 2. The number of hydrogen-bond acceptors (Lipinski definition) is 3. The highest BCUT2D eigenvalue weighted by molar-refractivity contribution is 6.08. The molecule has 1 N–H and O–H groups in total. The Kier molecular flexibility index (Phi) is 3.72. The molecule has 0 spiro atoms. The van der Waals surface area contributed by atoms with E-state index in [9.17, 15) is 9.59 Å². The van der Waals surface area contributed by atoms with E-state index in [4.69, 9.17) is 0 Å². The molecule has 3 aromatic rings. The van der Waals surface area contributed by atoms with Crippen molar-refractivity contribution in [1.29, 1.82) is 0 Å². The highest BCUT2D eigenvalue weighted by Gasteiger charge is 2.37. The van der Waals surface area contributed by atoms with E-state index in [1.807, 2.05) is 42.5 Å². The van der Waals surface area contributed by atoms with Crippen LogP contribution in [0.1, 0.15) is 16.8 Å². The van der Waals surface area contributed by atoms with Crippen molar-refractivity contribution in [2.45, 2.75) is 12.5 Å². The number of carbonyl (C=O) groups is 2. The van der Waals surface area contributed by atoms with Crippen molar-refractivity contribution >= 4 is 28.4 Å². The summed E-state index contributed by atoms with van der Waals surface area (Å²) in [5.74, 6) is -0.220. The largest absolute Gasteiger partial charge is 0.330 e. The fraction of sp³-hybridized carbons (Fsp3) is 0.211. The molecule has 1 aliphatic heterocycles. The molecule has 2 amide bonds. The van der Waals surface area contributed by atoms with Gasteiger partial charge in [0.2, 0.25) is 5.91 Å². The van der Waals surface area contributed by atoms with Crippen LogP contribution in [0, 0.1) is 0 Å². The molecule has 2 heterocycles. The fourth-order valence-corrected chi connectivity index (χ4v) is 3.37. The number of H-pyrrole nitrogens is 1. The van der Waals surface area contributed by atoms with Gasteiger partial charge in [0.25, 0.3) is 5.91 Å². The summed E-state index contributed by atoms with van der Waals surface area (Å²) in [5.41, 5.74) is 2.10.